The number of nitrogens with one attached hydrogen (secondary N) is 1. The molecule has 0 bridgehead atoms. The molecule has 1 aromatic heterocycles. The lowest BCUT2D eigenvalue weighted by Crippen LogP contribution is -2.14. The third kappa shape index (κ3) is 4.30. The van der Waals surface area contributed by atoms with E-state index in [1.807, 2.05) is 49.4 Å². The third-order valence-electron chi connectivity index (χ3n) is 3.82. The summed E-state index contributed by atoms with van der Waals surface area (Å²) in [5, 5.41) is 11.8. The molecule has 0 radical (unpaired) electrons. The van der Waals surface area contributed by atoms with Gasteiger partial charge in [-0.15, -0.1) is 0 Å². The molecule has 0 atom stereocenters. The highest BCUT2D eigenvalue weighted by molar-refractivity contribution is 5.92. The van der Waals surface area contributed by atoms with Crippen molar-refractivity contribution >= 4 is 11.6 Å². The lowest BCUT2D eigenvalue weighted by atomic mass is 10.1. The molecule has 0 spiro atoms. The van der Waals surface area contributed by atoms with Crippen molar-refractivity contribution in [3.05, 3.63) is 83.7 Å². The number of hydrogen-bond acceptors (Lipinski definition) is 3. The minimum Gasteiger partial charge on any atom is -0.326 e. The van der Waals surface area contributed by atoms with Crippen molar-refractivity contribution in [1.29, 1.82) is 5.26 Å². The van der Waals surface area contributed by atoms with Crippen molar-refractivity contribution in [3.63, 3.8) is 0 Å². The van der Waals surface area contributed by atoms with Gasteiger partial charge in [0.15, 0.2) is 0 Å². The Morgan fingerprint density at radius 1 is 1.08 bits per heavy atom. The number of pyridine rings is 1. The summed E-state index contributed by atoms with van der Waals surface area (Å²) < 4.78 is 0. The van der Waals surface area contributed by atoms with E-state index in [2.05, 4.69) is 16.4 Å². The lowest BCUT2D eigenvalue weighted by Gasteiger charge is -2.07. The van der Waals surface area contributed by atoms with Gasteiger partial charge in [-0.2, -0.15) is 5.26 Å². The second-order valence-electron chi connectivity index (χ2n) is 5.80. The zero-order valence-electron chi connectivity index (χ0n) is 13.9. The predicted octanol–water partition coefficient (Wildman–Crippen LogP) is 4.11. The number of nitriles is 1. The SMILES string of the molecule is Cc1cc(-c2ccc(NC(=O)Cc3cccc(C#N)c3)cc2)ccn1. The second kappa shape index (κ2) is 7.41. The van der Waals surface area contributed by atoms with Gasteiger partial charge in [0.1, 0.15) is 0 Å². The van der Waals surface area contributed by atoms with Gasteiger partial charge in [0.05, 0.1) is 18.1 Å². The van der Waals surface area contributed by atoms with Crippen LogP contribution in [0.2, 0.25) is 0 Å². The molecule has 1 heterocycles. The van der Waals surface area contributed by atoms with E-state index in [4.69, 9.17) is 5.26 Å². The minimum atomic E-state index is -0.109. The van der Waals surface area contributed by atoms with Crippen LogP contribution in [-0.2, 0) is 11.2 Å². The molecule has 2 aromatic carbocycles. The summed E-state index contributed by atoms with van der Waals surface area (Å²) in [5.41, 5.74) is 5.26. The lowest BCUT2D eigenvalue weighted by molar-refractivity contribution is -0.115. The molecule has 0 fully saturated rings. The quantitative estimate of drug-likeness (QED) is 0.784. The number of hydrogen-bond donors (Lipinski definition) is 1. The van der Waals surface area contributed by atoms with Crippen molar-refractivity contribution < 1.29 is 4.79 Å². The highest BCUT2D eigenvalue weighted by atomic mass is 16.1. The van der Waals surface area contributed by atoms with E-state index in [0.29, 0.717) is 5.56 Å². The van der Waals surface area contributed by atoms with Gasteiger partial charge in [-0.05, 0) is 60.0 Å². The maximum Gasteiger partial charge on any atom is 0.228 e. The molecule has 0 unspecified atom stereocenters. The number of amides is 1. The van der Waals surface area contributed by atoms with Gasteiger partial charge in [-0.25, -0.2) is 0 Å². The Kier molecular flexibility index (Phi) is 4.87. The first-order valence-electron chi connectivity index (χ1n) is 7.96. The molecule has 122 valence electrons. The van der Waals surface area contributed by atoms with E-state index in [1.165, 1.54) is 0 Å². The molecule has 1 amide bonds. The standard InChI is InChI=1S/C21H17N3O/c1-15-11-19(9-10-23-15)18-5-7-20(8-6-18)24-21(25)13-16-3-2-4-17(12-16)14-22/h2-12H,13H2,1H3,(H,24,25). The maximum atomic E-state index is 12.2. The number of carbonyl (C=O) groups is 1. The zero-order chi connectivity index (χ0) is 17.6. The van der Waals surface area contributed by atoms with Gasteiger partial charge in [0.25, 0.3) is 0 Å². The summed E-state index contributed by atoms with van der Waals surface area (Å²) >= 11 is 0. The second-order valence-corrected chi connectivity index (χ2v) is 5.80. The van der Waals surface area contributed by atoms with Gasteiger partial charge >= 0.3 is 0 Å². The van der Waals surface area contributed by atoms with Gasteiger partial charge in [0.2, 0.25) is 5.91 Å². The van der Waals surface area contributed by atoms with E-state index < -0.39 is 0 Å². The first-order valence-corrected chi connectivity index (χ1v) is 7.96. The van der Waals surface area contributed by atoms with Crippen LogP contribution in [0.4, 0.5) is 5.69 Å². The van der Waals surface area contributed by atoms with E-state index in [0.717, 1.165) is 28.1 Å². The van der Waals surface area contributed by atoms with Crippen LogP contribution >= 0.6 is 0 Å². The van der Waals surface area contributed by atoms with Crippen LogP contribution < -0.4 is 5.32 Å². The molecule has 0 aliphatic heterocycles. The maximum absolute atomic E-state index is 12.2. The first kappa shape index (κ1) is 16.4. The van der Waals surface area contributed by atoms with Crippen LogP contribution in [0, 0.1) is 18.3 Å². The van der Waals surface area contributed by atoms with Crippen LogP contribution in [0.15, 0.2) is 66.9 Å². The highest BCUT2D eigenvalue weighted by Crippen LogP contribution is 2.21. The van der Waals surface area contributed by atoms with Crippen molar-refractivity contribution in [2.75, 3.05) is 5.32 Å². The van der Waals surface area contributed by atoms with Gasteiger partial charge in [-0.1, -0.05) is 24.3 Å². The number of carbonyl (C=O) groups excluding carboxylic acids is 1. The van der Waals surface area contributed by atoms with Crippen LogP contribution in [-0.4, -0.2) is 10.9 Å². The molecule has 25 heavy (non-hydrogen) atoms. The summed E-state index contributed by atoms with van der Waals surface area (Å²) in [6.07, 6.45) is 2.02. The number of nitrogens with zero attached hydrogens (tertiary/aromatic N) is 2. The molecular formula is C21H17N3O. The van der Waals surface area contributed by atoms with Crippen LogP contribution in [0.1, 0.15) is 16.8 Å². The minimum absolute atomic E-state index is 0.109. The fraction of sp³-hybridized carbons (Fsp3) is 0.0952. The normalized spacial score (nSPS) is 10.1. The summed E-state index contributed by atoms with van der Waals surface area (Å²) in [4.78, 5) is 16.4. The molecule has 0 aliphatic rings. The molecule has 3 aromatic rings. The van der Waals surface area contributed by atoms with Gasteiger partial charge in [0, 0.05) is 17.6 Å². The van der Waals surface area contributed by atoms with Crippen LogP contribution in [0.3, 0.4) is 0 Å². The van der Waals surface area contributed by atoms with Gasteiger partial charge in [-0.3, -0.25) is 9.78 Å². The molecule has 3 rings (SSSR count). The fourth-order valence-electron chi connectivity index (χ4n) is 2.61. The van der Waals surface area contributed by atoms with Crippen molar-refractivity contribution in [2.45, 2.75) is 13.3 Å². The van der Waals surface area contributed by atoms with E-state index in [1.54, 1.807) is 24.4 Å². The van der Waals surface area contributed by atoms with Crippen LogP contribution in [0.5, 0.6) is 0 Å². The Morgan fingerprint density at radius 2 is 1.88 bits per heavy atom. The number of benzene rings is 2. The summed E-state index contributed by atoms with van der Waals surface area (Å²) in [5.74, 6) is -0.109. The van der Waals surface area contributed by atoms with Crippen molar-refractivity contribution in [1.82, 2.24) is 4.98 Å². The average Bonchev–Trinajstić information content (AvgIpc) is 2.62. The molecule has 1 N–H and O–H groups in total. The Bertz CT molecular complexity index is 940. The van der Waals surface area contributed by atoms with Crippen LogP contribution in [0.25, 0.3) is 11.1 Å². The number of anilines is 1. The first-order chi connectivity index (χ1) is 12.1. The number of rotatable bonds is 4. The third-order valence-corrected chi connectivity index (χ3v) is 3.82. The molecule has 4 nitrogen and oxygen atoms in total. The zero-order valence-corrected chi connectivity index (χ0v) is 13.9. The molecule has 0 saturated heterocycles. The Morgan fingerprint density at radius 3 is 2.60 bits per heavy atom. The number of aromatic nitrogens is 1. The van der Waals surface area contributed by atoms with Crippen molar-refractivity contribution in [2.24, 2.45) is 0 Å². The monoisotopic (exact) mass is 327 g/mol. The van der Waals surface area contributed by atoms with Crippen molar-refractivity contribution in [3.8, 4) is 17.2 Å². The number of aryl methyl sites for hydroxylation is 1. The Balaban J connectivity index is 1.67. The summed E-state index contributed by atoms with van der Waals surface area (Å²) in [6.45, 7) is 1.96. The molecule has 0 saturated carbocycles. The largest absolute Gasteiger partial charge is 0.326 e. The Hall–Kier alpha value is -3.45. The summed E-state index contributed by atoms with van der Waals surface area (Å²) in [7, 11) is 0. The Labute approximate surface area is 146 Å². The fourth-order valence-corrected chi connectivity index (χ4v) is 2.61. The average molecular weight is 327 g/mol. The van der Waals surface area contributed by atoms with E-state index >= 15 is 0 Å². The predicted molar refractivity (Wildman–Crippen MR) is 97.9 cm³/mol. The molecule has 4 heteroatoms. The topological polar surface area (TPSA) is 65.8 Å². The highest BCUT2D eigenvalue weighted by Gasteiger charge is 2.06. The van der Waals surface area contributed by atoms with E-state index in [9.17, 15) is 4.79 Å². The smallest absolute Gasteiger partial charge is 0.228 e. The van der Waals surface area contributed by atoms with E-state index in [-0.39, 0.29) is 12.3 Å². The summed E-state index contributed by atoms with van der Waals surface area (Å²) in [6, 6.07) is 20.9. The molecule has 0 aliphatic carbocycles. The van der Waals surface area contributed by atoms with Gasteiger partial charge < -0.3 is 5.32 Å². The molecular weight excluding hydrogens is 310 g/mol.